The van der Waals surface area contributed by atoms with Crippen LogP contribution >= 0.6 is 0 Å². The van der Waals surface area contributed by atoms with Crippen molar-refractivity contribution < 1.29 is 17.9 Å². The van der Waals surface area contributed by atoms with Crippen LogP contribution in [-0.4, -0.2) is 47.7 Å². The summed E-state index contributed by atoms with van der Waals surface area (Å²) in [5.41, 5.74) is 1.85. The molecule has 4 rings (SSSR count). The van der Waals surface area contributed by atoms with Crippen molar-refractivity contribution in [2.45, 2.75) is 30.2 Å². The second-order valence-electron chi connectivity index (χ2n) is 6.90. The second kappa shape index (κ2) is 8.20. The lowest BCUT2D eigenvalue weighted by Crippen LogP contribution is -2.26. The molecule has 2 N–H and O–H groups in total. The van der Waals surface area contributed by atoms with Gasteiger partial charge in [0.1, 0.15) is 12.1 Å². The lowest BCUT2D eigenvalue weighted by Gasteiger charge is -2.13. The second-order valence-corrected chi connectivity index (χ2v) is 8.62. The zero-order valence-corrected chi connectivity index (χ0v) is 17.0. The molecule has 0 bridgehead atoms. The average Bonchev–Trinajstić information content (AvgIpc) is 3.35. The van der Waals surface area contributed by atoms with E-state index in [9.17, 15) is 13.2 Å². The van der Waals surface area contributed by atoms with Gasteiger partial charge in [0.25, 0.3) is 0 Å². The third kappa shape index (κ3) is 4.63. The van der Waals surface area contributed by atoms with E-state index >= 15 is 0 Å². The van der Waals surface area contributed by atoms with Crippen LogP contribution in [0.1, 0.15) is 18.4 Å². The minimum Gasteiger partial charge on any atom is -0.495 e. The summed E-state index contributed by atoms with van der Waals surface area (Å²) in [7, 11) is -2.18. The van der Waals surface area contributed by atoms with E-state index in [0.717, 1.165) is 24.1 Å². The van der Waals surface area contributed by atoms with Crippen molar-refractivity contribution in [3.63, 3.8) is 0 Å². The molecule has 156 valence electrons. The van der Waals surface area contributed by atoms with E-state index in [1.165, 1.54) is 36.3 Å². The number of ether oxygens (including phenoxy) is 1. The van der Waals surface area contributed by atoms with Gasteiger partial charge in [-0.3, -0.25) is 4.79 Å². The highest BCUT2D eigenvalue weighted by Gasteiger charge is 2.28. The molecule has 0 spiro atoms. The Balaban J connectivity index is 1.47. The zero-order chi connectivity index (χ0) is 21.1. The van der Waals surface area contributed by atoms with Crippen LogP contribution in [0.3, 0.4) is 0 Å². The number of aromatic nitrogens is 4. The van der Waals surface area contributed by atoms with Gasteiger partial charge in [-0.1, -0.05) is 12.1 Å². The summed E-state index contributed by atoms with van der Waals surface area (Å²) in [5.74, 6) is 0.0796. The maximum absolute atomic E-state index is 12.5. The van der Waals surface area contributed by atoms with E-state index in [1.807, 2.05) is 0 Å². The first kappa shape index (κ1) is 20.0. The Labute approximate surface area is 173 Å². The molecule has 0 unspecified atom stereocenters. The first-order valence-electron chi connectivity index (χ1n) is 9.27. The monoisotopic (exact) mass is 428 g/mol. The van der Waals surface area contributed by atoms with Gasteiger partial charge in [0.05, 0.1) is 29.8 Å². The lowest BCUT2D eigenvalue weighted by molar-refractivity contribution is -0.115. The number of rotatable bonds is 8. The minimum atomic E-state index is -3.64. The Morgan fingerprint density at radius 3 is 2.60 bits per heavy atom. The molecule has 0 radical (unpaired) electrons. The van der Waals surface area contributed by atoms with Crippen LogP contribution in [0.25, 0.3) is 5.69 Å². The molecule has 1 aromatic heterocycles. The Morgan fingerprint density at radius 2 is 1.97 bits per heavy atom. The molecule has 10 nitrogen and oxygen atoms in total. The number of methoxy groups -OCH3 is 1. The molecule has 11 heteroatoms. The standard InChI is InChI=1S/C19H20N6O4S/c1-29-18-9-8-16(30(27,28)22-14-4-5-14)11-17(18)21-19(26)10-13-2-6-15(7-3-13)25-12-20-23-24-25/h2-3,6-9,11-12,14,22H,4-5,10H2,1H3,(H,21,26). The summed E-state index contributed by atoms with van der Waals surface area (Å²) in [6, 6.07) is 11.6. The number of carbonyl (C=O) groups excluding carboxylic acids is 1. The fraction of sp³-hybridized carbons (Fsp3) is 0.263. The van der Waals surface area contributed by atoms with Gasteiger partial charge < -0.3 is 10.1 Å². The predicted octanol–water partition coefficient (Wildman–Crippen LogP) is 1.29. The molecule has 1 fully saturated rings. The van der Waals surface area contributed by atoms with E-state index in [2.05, 4.69) is 25.6 Å². The van der Waals surface area contributed by atoms with Crippen LogP contribution in [0.2, 0.25) is 0 Å². The highest BCUT2D eigenvalue weighted by Crippen LogP contribution is 2.29. The van der Waals surface area contributed by atoms with Gasteiger partial charge in [0.15, 0.2) is 0 Å². The molecule has 30 heavy (non-hydrogen) atoms. The van der Waals surface area contributed by atoms with E-state index in [1.54, 1.807) is 24.3 Å². The van der Waals surface area contributed by atoms with E-state index in [4.69, 9.17) is 4.74 Å². The van der Waals surface area contributed by atoms with Crippen molar-refractivity contribution in [2.24, 2.45) is 0 Å². The molecule has 1 saturated carbocycles. The number of nitrogens with one attached hydrogen (secondary N) is 2. The molecule has 0 saturated heterocycles. The third-order valence-corrected chi connectivity index (χ3v) is 6.09. The van der Waals surface area contributed by atoms with Crippen LogP contribution in [0.5, 0.6) is 5.75 Å². The first-order chi connectivity index (χ1) is 14.4. The molecule has 1 aliphatic carbocycles. The highest BCUT2D eigenvalue weighted by atomic mass is 32.2. The Kier molecular flexibility index (Phi) is 5.46. The predicted molar refractivity (Wildman–Crippen MR) is 108 cm³/mol. The van der Waals surface area contributed by atoms with Gasteiger partial charge in [-0.05, 0) is 59.2 Å². The molecule has 0 atom stereocenters. The van der Waals surface area contributed by atoms with Crippen molar-refractivity contribution in [2.75, 3.05) is 12.4 Å². The van der Waals surface area contributed by atoms with Gasteiger partial charge in [-0.2, -0.15) is 0 Å². The van der Waals surface area contributed by atoms with E-state index < -0.39 is 10.0 Å². The maximum atomic E-state index is 12.5. The quantitative estimate of drug-likeness (QED) is 0.553. The molecule has 2 aromatic carbocycles. The van der Waals surface area contributed by atoms with Crippen LogP contribution in [0.15, 0.2) is 53.7 Å². The summed E-state index contributed by atoms with van der Waals surface area (Å²) >= 11 is 0. The summed E-state index contributed by atoms with van der Waals surface area (Å²) < 4.78 is 34.3. The molecule has 0 aliphatic heterocycles. The average molecular weight is 428 g/mol. The minimum absolute atomic E-state index is 0.00795. The van der Waals surface area contributed by atoms with Gasteiger partial charge in [-0.25, -0.2) is 17.8 Å². The van der Waals surface area contributed by atoms with E-state index in [-0.39, 0.29) is 23.3 Å². The number of benzene rings is 2. The van der Waals surface area contributed by atoms with Crippen molar-refractivity contribution in [1.82, 2.24) is 24.9 Å². The smallest absolute Gasteiger partial charge is 0.240 e. The Morgan fingerprint density at radius 1 is 1.20 bits per heavy atom. The third-order valence-electron chi connectivity index (χ3n) is 4.57. The summed E-state index contributed by atoms with van der Waals surface area (Å²) in [6.45, 7) is 0. The maximum Gasteiger partial charge on any atom is 0.240 e. The van der Waals surface area contributed by atoms with Gasteiger partial charge in [0, 0.05) is 6.04 Å². The molecule has 1 heterocycles. The SMILES string of the molecule is COc1ccc(S(=O)(=O)NC2CC2)cc1NC(=O)Cc1ccc(-n2cnnn2)cc1. The number of tetrazole rings is 1. The summed E-state index contributed by atoms with van der Waals surface area (Å²) in [6.07, 6.45) is 3.26. The molecule has 1 aliphatic rings. The Hall–Kier alpha value is -3.31. The lowest BCUT2D eigenvalue weighted by atomic mass is 10.1. The summed E-state index contributed by atoms with van der Waals surface area (Å²) in [5, 5.41) is 13.7. The first-order valence-corrected chi connectivity index (χ1v) is 10.8. The van der Waals surface area contributed by atoms with Gasteiger partial charge in [0.2, 0.25) is 15.9 Å². The molecule has 1 amide bonds. The molecular formula is C19H20N6O4S. The fourth-order valence-corrected chi connectivity index (χ4v) is 4.20. The van der Waals surface area contributed by atoms with Crippen LogP contribution in [-0.2, 0) is 21.2 Å². The Bertz CT molecular complexity index is 1140. The number of hydrogen-bond donors (Lipinski definition) is 2. The topological polar surface area (TPSA) is 128 Å². The van der Waals surface area contributed by atoms with Gasteiger partial charge >= 0.3 is 0 Å². The number of anilines is 1. The normalized spacial score (nSPS) is 13.8. The highest BCUT2D eigenvalue weighted by molar-refractivity contribution is 7.89. The molecule has 3 aromatic rings. The van der Waals surface area contributed by atoms with E-state index in [0.29, 0.717) is 11.4 Å². The van der Waals surface area contributed by atoms with Crippen molar-refractivity contribution in [1.29, 1.82) is 0 Å². The fourth-order valence-electron chi connectivity index (χ4n) is 2.87. The van der Waals surface area contributed by atoms with Crippen LogP contribution in [0, 0.1) is 0 Å². The number of hydrogen-bond acceptors (Lipinski definition) is 7. The van der Waals surface area contributed by atoms with Gasteiger partial charge in [-0.15, -0.1) is 5.10 Å². The zero-order valence-electron chi connectivity index (χ0n) is 16.1. The van der Waals surface area contributed by atoms with Crippen LogP contribution in [0.4, 0.5) is 5.69 Å². The summed E-state index contributed by atoms with van der Waals surface area (Å²) in [4.78, 5) is 12.6. The number of carbonyl (C=O) groups is 1. The number of amides is 1. The van der Waals surface area contributed by atoms with Crippen LogP contribution < -0.4 is 14.8 Å². The number of nitrogens with zero attached hydrogens (tertiary/aromatic N) is 4. The van der Waals surface area contributed by atoms with Crippen molar-refractivity contribution >= 4 is 21.6 Å². The molecular weight excluding hydrogens is 408 g/mol. The number of sulfonamides is 1. The van der Waals surface area contributed by atoms with Crippen molar-refractivity contribution in [3.05, 3.63) is 54.4 Å². The largest absolute Gasteiger partial charge is 0.495 e. The van der Waals surface area contributed by atoms with Crippen molar-refractivity contribution in [3.8, 4) is 11.4 Å².